The number of nitrogen functional groups attached to an aromatic ring is 1. The molecule has 3 nitrogen and oxygen atoms in total. The first kappa shape index (κ1) is 11.3. The number of hydrogen-bond donors (Lipinski definition) is 2. The third-order valence-corrected chi connectivity index (χ3v) is 3.50. The molecule has 1 aromatic rings. The second-order valence-corrected chi connectivity index (χ2v) is 4.97. The van der Waals surface area contributed by atoms with Crippen LogP contribution in [0.4, 0.5) is 5.82 Å². The van der Waals surface area contributed by atoms with Gasteiger partial charge in [-0.15, -0.1) is 11.8 Å². The van der Waals surface area contributed by atoms with Gasteiger partial charge in [0.15, 0.2) is 0 Å². The Labute approximate surface area is 89.5 Å². The zero-order chi connectivity index (χ0) is 10.6. The summed E-state index contributed by atoms with van der Waals surface area (Å²) >= 11 is 1.77. The molecule has 3 N–H and O–H groups in total. The van der Waals surface area contributed by atoms with Crippen LogP contribution >= 0.6 is 11.8 Å². The largest absolute Gasteiger partial charge is 0.308 e. The van der Waals surface area contributed by atoms with Crippen LogP contribution < -0.4 is 11.3 Å². The summed E-state index contributed by atoms with van der Waals surface area (Å²) < 4.78 is 0. The van der Waals surface area contributed by atoms with Crippen LogP contribution in [0.25, 0.3) is 0 Å². The number of rotatable bonds is 4. The van der Waals surface area contributed by atoms with E-state index in [0.29, 0.717) is 17.0 Å². The molecule has 78 valence electrons. The molecule has 4 heteroatoms. The summed E-state index contributed by atoms with van der Waals surface area (Å²) in [7, 11) is 0. The lowest BCUT2D eigenvalue weighted by molar-refractivity contribution is 0.641. The molecule has 1 rings (SSSR count). The lowest BCUT2D eigenvalue weighted by Crippen LogP contribution is -2.09. The quantitative estimate of drug-likeness (QED) is 0.456. The maximum atomic E-state index is 5.29. The number of nitrogens with zero attached hydrogens (tertiary/aromatic N) is 1. The van der Waals surface area contributed by atoms with Crippen molar-refractivity contribution in [1.29, 1.82) is 0 Å². The van der Waals surface area contributed by atoms with E-state index in [9.17, 15) is 0 Å². The van der Waals surface area contributed by atoms with E-state index >= 15 is 0 Å². The van der Waals surface area contributed by atoms with Gasteiger partial charge in [-0.3, -0.25) is 0 Å². The number of thioether (sulfide) groups is 1. The second-order valence-electron chi connectivity index (χ2n) is 3.57. The zero-order valence-corrected chi connectivity index (χ0v) is 9.64. The van der Waals surface area contributed by atoms with Gasteiger partial charge < -0.3 is 5.43 Å². The van der Waals surface area contributed by atoms with Crippen molar-refractivity contribution in [2.45, 2.75) is 31.0 Å². The van der Waals surface area contributed by atoms with Gasteiger partial charge in [0.2, 0.25) is 0 Å². The number of hydrazine groups is 1. The van der Waals surface area contributed by atoms with E-state index in [-0.39, 0.29) is 0 Å². The smallest absolute Gasteiger partial charge is 0.141 e. The molecule has 14 heavy (non-hydrogen) atoms. The topological polar surface area (TPSA) is 50.9 Å². The Bertz CT molecular complexity index is 288. The number of hydrogen-bond acceptors (Lipinski definition) is 4. The number of nitrogens with two attached hydrogens (primary N) is 1. The lowest BCUT2D eigenvalue weighted by atomic mass is 10.2. The summed E-state index contributed by atoms with van der Waals surface area (Å²) in [5.74, 6) is 6.65. The maximum Gasteiger partial charge on any atom is 0.141 e. The summed E-state index contributed by atoms with van der Waals surface area (Å²) in [5, 5.41) is 1.58. The molecule has 0 aliphatic rings. The molecular formula is C10H17N3S. The van der Waals surface area contributed by atoms with Crippen LogP contribution in [0, 0.1) is 5.92 Å². The molecule has 0 aliphatic carbocycles. The van der Waals surface area contributed by atoms with Gasteiger partial charge in [0.25, 0.3) is 0 Å². The van der Waals surface area contributed by atoms with Gasteiger partial charge in [-0.2, -0.15) is 0 Å². The Morgan fingerprint density at radius 1 is 1.36 bits per heavy atom. The summed E-state index contributed by atoms with van der Waals surface area (Å²) in [4.78, 5) is 4.34. The van der Waals surface area contributed by atoms with E-state index in [1.54, 1.807) is 11.8 Å². The third-order valence-electron chi connectivity index (χ3n) is 2.12. The molecule has 1 unspecified atom stereocenters. The standard InChI is InChI=1S/C10H17N3S/c1-7(2)8(3)14-10-6-4-5-9(12-10)13-11/h4-8H,11H2,1-3H3,(H,12,13). The Hall–Kier alpha value is -0.740. The van der Waals surface area contributed by atoms with Crippen LogP contribution in [0.3, 0.4) is 0 Å². The number of aromatic nitrogens is 1. The molecule has 0 amide bonds. The lowest BCUT2D eigenvalue weighted by Gasteiger charge is -2.14. The third kappa shape index (κ3) is 3.20. The normalized spacial score (nSPS) is 12.9. The highest BCUT2D eigenvalue weighted by Crippen LogP contribution is 2.26. The summed E-state index contributed by atoms with van der Waals surface area (Å²) in [6.07, 6.45) is 0. The maximum absolute atomic E-state index is 5.29. The first-order valence-electron chi connectivity index (χ1n) is 4.74. The Morgan fingerprint density at radius 3 is 2.64 bits per heavy atom. The van der Waals surface area contributed by atoms with E-state index in [1.165, 1.54) is 0 Å². The average molecular weight is 211 g/mol. The second kappa shape index (κ2) is 5.22. The molecule has 0 fully saturated rings. The van der Waals surface area contributed by atoms with Gasteiger partial charge in [0.1, 0.15) is 5.82 Å². The molecule has 0 aromatic carbocycles. The SMILES string of the molecule is CC(C)C(C)Sc1cccc(NN)n1. The molecule has 0 radical (unpaired) electrons. The van der Waals surface area contributed by atoms with Crippen molar-refractivity contribution in [1.82, 2.24) is 4.98 Å². The van der Waals surface area contributed by atoms with Gasteiger partial charge in [-0.25, -0.2) is 10.8 Å². The highest BCUT2D eigenvalue weighted by atomic mass is 32.2. The number of anilines is 1. The molecule has 0 bridgehead atoms. The van der Waals surface area contributed by atoms with E-state index in [2.05, 4.69) is 31.2 Å². The minimum absolute atomic E-state index is 0.565. The van der Waals surface area contributed by atoms with Crippen molar-refractivity contribution in [2.75, 3.05) is 5.43 Å². The average Bonchev–Trinajstić information content (AvgIpc) is 2.18. The summed E-state index contributed by atoms with van der Waals surface area (Å²) in [5.41, 5.74) is 2.55. The molecule has 0 saturated heterocycles. The summed E-state index contributed by atoms with van der Waals surface area (Å²) in [6.45, 7) is 6.63. The first-order valence-corrected chi connectivity index (χ1v) is 5.61. The minimum Gasteiger partial charge on any atom is -0.308 e. The van der Waals surface area contributed by atoms with Crippen LogP contribution in [0.2, 0.25) is 0 Å². The van der Waals surface area contributed by atoms with E-state index in [1.807, 2.05) is 18.2 Å². The first-order chi connectivity index (χ1) is 6.63. The van der Waals surface area contributed by atoms with Crippen molar-refractivity contribution < 1.29 is 0 Å². The highest BCUT2D eigenvalue weighted by Gasteiger charge is 2.09. The summed E-state index contributed by atoms with van der Waals surface area (Å²) in [6, 6.07) is 5.81. The minimum atomic E-state index is 0.565. The van der Waals surface area contributed by atoms with Crippen molar-refractivity contribution >= 4 is 17.6 Å². The van der Waals surface area contributed by atoms with Crippen LogP contribution in [0.1, 0.15) is 20.8 Å². The van der Waals surface area contributed by atoms with E-state index in [4.69, 9.17) is 5.84 Å². The molecule has 0 aliphatic heterocycles. The van der Waals surface area contributed by atoms with E-state index in [0.717, 1.165) is 5.03 Å². The van der Waals surface area contributed by atoms with Gasteiger partial charge in [0, 0.05) is 5.25 Å². The van der Waals surface area contributed by atoms with Crippen LogP contribution in [0.15, 0.2) is 23.2 Å². The molecule has 1 atom stereocenters. The van der Waals surface area contributed by atoms with Crippen LogP contribution in [0.5, 0.6) is 0 Å². The zero-order valence-electron chi connectivity index (χ0n) is 8.82. The van der Waals surface area contributed by atoms with Gasteiger partial charge in [-0.1, -0.05) is 26.8 Å². The van der Waals surface area contributed by atoms with Gasteiger partial charge in [0.05, 0.1) is 5.03 Å². The van der Waals surface area contributed by atoms with Crippen molar-refractivity contribution in [3.63, 3.8) is 0 Å². The van der Waals surface area contributed by atoms with Crippen LogP contribution in [-0.4, -0.2) is 10.2 Å². The number of nitrogens with one attached hydrogen (secondary N) is 1. The van der Waals surface area contributed by atoms with Gasteiger partial charge >= 0.3 is 0 Å². The highest BCUT2D eigenvalue weighted by molar-refractivity contribution is 7.99. The predicted octanol–water partition coefficient (Wildman–Crippen LogP) is 2.50. The fourth-order valence-electron chi connectivity index (χ4n) is 0.887. The Kier molecular flexibility index (Phi) is 4.22. The Balaban J connectivity index is 2.66. The Morgan fingerprint density at radius 2 is 2.07 bits per heavy atom. The molecule has 1 heterocycles. The van der Waals surface area contributed by atoms with Crippen molar-refractivity contribution in [3.05, 3.63) is 18.2 Å². The molecular weight excluding hydrogens is 194 g/mol. The van der Waals surface area contributed by atoms with Crippen LogP contribution in [-0.2, 0) is 0 Å². The van der Waals surface area contributed by atoms with Crippen molar-refractivity contribution in [2.24, 2.45) is 11.8 Å². The van der Waals surface area contributed by atoms with Gasteiger partial charge in [-0.05, 0) is 18.1 Å². The number of pyridine rings is 1. The molecule has 0 saturated carbocycles. The molecule has 0 spiro atoms. The van der Waals surface area contributed by atoms with Crippen molar-refractivity contribution in [3.8, 4) is 0 Å². The monoisotopic (exact) mass is 211 g/mol. The fraction of sp³-hybridized carbons (Fsp3) is 0.500. The van der Waals surface area contributed by atoms with E-state index < -0.39 is 0 Å². The molecule has 1 aromatic heterocycles. The fourth-order valence-corrected chi connectivity index (χ4v) is 1.85. The predicted molar refractivity (Wildman–Crippen MR) is 62.2 cm³/mol.